The van der Waals surface area contributed by atoms with Crippen molar-refractivity contribution < 1.29 is 37.3 Å². The van der Waals surface area contributed by atoms with Gasteiger partial charge in [0.1, 0.15) is 12.7 Å². The highest BCUT2D eigenvalue weighted by molar-refractivity contribution is 5.92. The van der Waals surface area contributed by atoms with Crippen molar-refractivity contribution in [3.05, 3.63) is 64.7 Å². The minimum Gasteiger partial charge on any atom is -0.483 e. The molecule has 0 radical (unpaired) electrons. The zero-order valence-corrected chi connectivity index (χ0v) is 22.3. The van der Waals surface area contributed by atoms with Gasteiger partial charge in [0.15, 0.2) is 11.5 Å². The van der Waals surface area contributed by atoms with E-state index in [1.165, 1.54) is 24.3 Å². The summed E-state index contributed by atoms with van der Waals surface area (Å²) in [6, 6.07) is 8.46. The summed E-state index contributed by atoms with van der Waals surface area (Å²) in [6.07, 6.45) is 1.47. The number of likely N-dealkylation sites (N-methyl/N-ethyl adjacent to an activating group) is 2. The Morgan fingerprint density at radius 1 is 1.20 bits per heavy atom. The van der Waals surface area contributed by atoms with E-state index in [2.05, 4.69) is 11.9 Å². The van der Waals surface area contributed by atoms with Gasteiger partial charge in [-0.25, -0.2) is 4.79 Å². The Hall–Kier alpha value is -3.37. The van der Waals surface area contributed by atoms with E-state index in [1.54, 1.807) is 18.0 Å². The van der Waals surface area contributed by atoms with Crippen molar-refractivity contribution in [1.82, 2.24) is 9.80 Å². The van der Waals surface area contributed by atoms with Crippen LogP contribution in [0.25, 0.3) is 6.08 Å². The molecule has 7 nitrogen and oxygen atoms in total. The molecule has 1 saturated carbocycles. The van der Waals surface area contributed by atoms with Crippen LogP contribution in [-0.2, 0) is 27.6 Å². The third kappa shape index (κ3) is 4.11. The lowest BCUT2D eigenvalue weighted by molar-refractivity contribution is -0.138. The second kappa shape index (κ2) is 9.62. The normalized spacial score (nSPS) is 28.6. The van der Waals surface area contributed by atoms with Crippen LogP contribution in [0, 0.1) is 5.92 Å². The van der Waals surface area contributed by atoms with Crippen molar-refractivity contribution in [2.45, 2.75) is 55.5 Å². The van der Waals surface area contributed by atoms with Gasteiger partial charge < -0.3 is 24.4 Å². The molecular weight excluding hydrogens is 525 g/mol. The lowest BCUT2D eigenvalue weighted by Gasteiger charge is -2.59. The molecule has 1 saturated heterocycles. The number of carbonyl (C=O) groups excluding carboxylic acids is 2. The number of piperidine rings is 1. The fourth-order valence-corrected chi connectivity index (χ4v) is 7.56. The van der Waals surface area contributed by atoms with Crippen molar-refractivity contribution in [2.75, 3.05) is 27.2 Å². The number of ether oxygens (including phenoxy) is 2. The molecule has 1 amide bonds. The van der Waals surface area contributed by atoms with Gasteiger partial charge in [-0.1, -0.05) is 18.2 Å². The average molecular weight is 557 g/mol. The van der Waals surface area contributed by atoms with Crippen LogP contribution in [0.4, 0.5) is 13.2 Å². The van der Waals surface area contributed by atoms with E-state index < -0.39 is 24.3 Å². The Kier molecular flexibility index (Phi) is 6.46. The topological polar surface area (TPSA) is 79.3 Å². The van der Waals surface area contributed by atoms with Crippen LogP contribution in [-0.4, -0.2) is 72.2 Å². The zero-order chi connectivity index (χ0) is 28.4. The summed E-state index contributed by atoms with van der Waals surface area (Å²) in [6.45, 7) is 0.129. The molecular formula is C30H31F3N2O5. The second-order valence-corrected chi connectivity index (χ2v) is 11.3. The van der Waals surface area contributed by atoms with Crippen LogP contribution in [0.1, 0.15) is 41.5 Å². The molecule has 2 aromatic rings. The predicted molar refractivity (Wildman–Crippen MR) is 140 cm³/mol. The van der Waals surface area contributed by atoms with Gasteiger partial charge in [-0.3, -0.25) is 4.79 Å². The lowest BCUT2D eigenvalue weighted by Crippen LogP contribution is -2.68. The molecule has 2 aromatic carbocycles. The first-order valence-electron chi connectivity index (χ1n) is 13.5. The molecule has 2 aliphatic heterocycles. The number of carbonyl (C=O) groups is 2. The Labute approximate surface area is 230 Å². The van der Waals surface area contributed by atoms with Crippen molar-refractivity contribution in [2.24, 2.45) is 5.92 Å². The number of amides is 1. The summed E-state index contributed by atoms with van der Waals surface area (Å²) in [5.41, 5.74) is 1.64. The molecule has 2 bridgehead atoms. The Bertz CT molecular complexity index is 1370. The van der Waals surface area contributed by atoms with Crippen LogP contribution in [0.3, 0.4) is 0 Å². The third-order valence-electron chi connectivity index (χ3n) is 9.40. The standard InChI is InChI=1S/C30H31F3N2O5/c1-34-14-13-29-20-9-10-21(35(2)24(37)12-5-17-3-7-19(8-4-17)30(31,32)33)28(29)40-27-23(39-25(38)16-36)11-6-18(26(27)29)15-22(20)34/h3-8,11-12,20-22,28,36H,9-10,13-16H2,1-2H3/b12-5+/t20-,21?,22+,28?,29-/m0/s1. The van der Waals surface area contributed by atoms with E-state index >= 15 is 0 Å². The Morgan fingerprint density at radius 3 is 2.65 bits per heavy atom. The fraction of sp³-hybridized carbons (Fsp3) is 0.467. The molecule has 40 heavy (non-hydrogen) atoms. The van der Waals surface area contributed by atoms with E-state index in [0.717, 1.165) is 55.5 Å². The maximum absolute atomic E-state index is 13.3. The van der Waals surface area contributed by atoms with Gasteiger partial charge in [-0.15, -0.1) is 0 Å². The molecule has 0 aromatic heterocycles. The van der Waals surface area contributed by atoms with Gasteiger partial charge in [0.05, 0.1) is 11.6 Å². The van der Waals surface area contributed by atoms with Crippen molar-refractivity contribution in [1.29, 1.82) is 0 Å². The van der Waals surface area contributed by atoms with E-state index in [1.807, 2.05) is 6.07 Å². The quantitative estimate of drug-likeness (QED) is 0.343. The maximum Gasteiger partial charge on any atom is 0.416 e. The van der Waals surface area contributed by atoms with Crippen molar-refractivity contribution in [3.63, 3.8) is 0 Å². The third-order valence-corrected chi connectivity index (χ3v) is 9.40. The molecule has 1 N–H and O–H groups in total. The largest absolute Gasteiger partial charge is 0.483 e. The number of esters is 1. The number of aliphatic hydroxyl groups excluding tert-OH is 1. The second-order valence-electron chi connectivity index (χ2n) is 11.3. The van der Waals surface area contributed by atoms with Gasteiger partial charge >= 0.3 is 12.1 Å². The molecule has 6 rings (SSSR count). The molecule has 212 valence electrons. The van der Waals surface area contributed by atoms with E-state index in [9.17, 15) is 27.9 Å². The summed E-state index contributed by atoms with van der Waals surface area (Å²) in [7, 11) is 3.88. The summed E-state index contributed by atoms with van der Waals surface area (Å²) < 4.78 is 50.8. The number of nitrogens with zero attached hydrogens (tertiary/aromatic N) is 2. The summed E-state index contributed by atoms with van der Waals surface area (Å²) in [5.74, 6) is 0.0963. The zero-order valence-electron chi connectivity index (χ0n) is 22.3. The highest BCUT2D eigenvalue weighted by Gasteiger charge is 2.66. The highest BCUT2D eigenvalue weighted by atomic mass is 19.4. The molecule has 1 spiro atoms. The predicted octanol–water partition coefficient (Wildman–Crippen LogP) is 3.81. The van der Waals surface area contributed by atoms with Crippen LogP contribution in [0.15, 0.2) is 42.5 Å². The summed E-state index contributed by atoms with van der Waals surface area (Å²) in [4.78, 5) is 29.4. The minimum atomic E-state index is -4.42. The van der Waals surface area contributed by atoms with Gasteiger partial charge in [0, 0.05) is 30.1 Å². The highest BCUT2D eigenvalue weighted by Crippen LogP contribution is 2.64. The number of benzene rings is 2. The monoisotopic (exact) mass is 556 g/mol. The van der Waals surface area contributed by atoms with Gasteiger partial charge in [-0.05, 0) is 80.6 Å². The maximum atomic E-state index is 13.3. The molecule has 5 atom stereocenters. The molecule has 2 aliphatic carbocycles. The van der Waals surface area contributed by atoms with E-state index in [0.29, 0.717) is 23.3 Å². The molecule has 10 heteroatoms. The number of aliphatic hydroxyl groups is 1. The molecule has 2 heterocycles. The molecule has 2 unspecified atom stereocenters. The Balaban J connectivity index is 1.31. The number of likely N-dealkylation sites (tertiary alicyclic amines) is 1. The van der Waals surface area contributed by atoms with Gasteiger partial charge in [0.2, 0.25) is 5.91 Å². The number of hydrogen-bond acceptors (Lipinski definition) is 6. The molecule has 2 fully saturated rings. The van der Waals surface area contributed by atoms with Gasteiger partial charge in [0.25, 0.3) is 0 Å². The lowest BCUT2D eigenvalue weighted by atomic mass is 9.51. The number of halogens is 3. The minimum absolute atomic E-state index is 0.259. The van der Waals surface area contributed by atoms with Crippen molar-refractivity contribution >= 4 is 18.0 Å². The van der Waals surface area contributed by atoms with Crippen LogP contribution in [0.5, 0.6) is 11.5 Å². The first-order chi connectivity index (χ1) is 19.0. The first kappa shape index (κ1) is 26.8. The fourth-order valence-electron chi connectivity index (χ4n) is 7.56. The Morgan fingerprint density at radius 2 is 1.95 bits per heavy atom. The molecule has 4 aliphatic rings. The number of hydrogen-bond donors (Lipinski definition) is 1. The summed E-state index contributed by atoms with van der Waals surface area (Å²) >= 11 is 0. The van der Waals surface area contributed by atoms with Crippen molar-refractivity contribution in [3.8, 4) is 11.5 Å². The van der Waals surface area contributed by atoms with E-state index in [4.69, 9.17) is 9.47 Å². The number of alkyl halides is 3. The number of rotatable bonds is 5. The smallest absolute Gasteiger partial charge is 0.416 e. The van der Waals surface area contributed by atoms with Crippen LogP contribution in [0.2, 0.25) is 0 Å². The summed E-state index contributed by atoms with van der Waals surface area (Å²) in [5, 5.41) is 9.27. The average Bonchev–Trinajstić information content (AvgIpc) is 3.29. The van der Waals surface area contributed by atoms with Gasteiger partial charge in [-0.2, -0.15) is 13.2 Å². The van der Waals surface area contributed by atoms with Crippen LogP contribution < -0.4 is 9.47 Å². The SMILES string of the molecule is CN(C(=O)/C=C/c1ccc(C(F)(F)F)cc1)C1CC[C@H]2[C@H]3Cc4ccc(OC(=O)CO)c5c4[C@@]2(CCN3C)C1O5. The van der Waals surface area contributed by atoms with E-state index in [-0.39, 0.29) is 29.2 Å². The first-order valence-corrected chi connectivity index (χ1v) is 13.5. The van der Waals surface area contributed by atoms with Crippen LogP contribution >= 0.6 is 0 Å².